The van der Waals surface area contributed by atoms with Gasteiger partial charge in [0.2, 0.25) is 0 Å². The van der Waals surface area contributed by atoms with Crippen LogP contribution in [-0.4, -0.2) is 74.0 Å². The van der Waals surface area contributed by atoms with E-state index in [0.717, 1.165) is 6.07 Å². The topological polar surface area (TPSA) is 97.4 Å². The Balaban J connectivity index is 1.79. The summed E-state index contributed by atoms with van der Waals surface area (Å²) in [5.41, 5.74) is 0.699. The summed E-state index contributed by atoms with van der Waals surface area (Å²) in [5.74, 6) is -1.30. The fourth-order valence-corrected chi connectivity index (χ4v) is 4.12. The molecule has 3 amide bonds. The van der Waals surface area contributed by atoms with E-state index in [1.54, 1.807) is 24.3 Å². The highest BCUT2D eigenvalue weighted by Crippen LogP contribution is 2.30. The van der Waals surface area contributed by atoms with Gasteiger partial charge in [-0.3, -0.25) is 4.79 Å². The zero-order valence-electron chi connectivity index (χ0n) is 22.5. The monoisotopic (exact) mass is 585 g/mol. The number of amides is 3. The third kappa shape index (κ3) is 8.49. The van der Waals surface area contributed by atoms with Crippen molar-refractivity contribution >= 4 is 35.2 Å². The Bertz CT molecular complexity index is 1230. The molecule has 0 unspecified atom stereocenters. The third-order valence-corrected chi connectivity index (χ3v) is 6.12. The lowest BCUT2D eigenvalue weighted by molar-refractivity contribution is -0.153. The Hall–Kier alpha value is -3.51. The summed E-state index contributed by atoms with van der Waals surface area (Å²) in [6.45, 7) is 4.17. The Morgan fingerprint density at radius 2 is 1.77 bits per heavy atom. The van der Waals surface area contributed by atoms with Crippen molar-refractivity contribution in [1.82, 2.24) is 10.2 Å². The molecule has 1 aliphatic rings. The van der Waals surface area contributed by atoms with E-state index in [9.17, 15) is 27.6 Å². The Morgan fingerprint density at radius 1 is 1.07 bits per heavy atom. The summed E-state index contributed by atoms with van der Waals surface area (Å²) in [5, 5.41) is 2.57. The molecule has 2 aromatic rings. The third-order valence-electron chi connectivity index (χ3n) is 5.81. The van der Waals surface area contributed by atoms with Crippen LogP contribution in [0.5, 0.6) is 5.75 Å². The summed E-state index contributed by atoms with van der Waals surface area (Å²) in [7, 11) is 1.21. The van der Waals surface area contributed by atoms with Gasteiger partial charge in [-0.25, -0.2) is 9.59 Å². The zero-order valence-corrected chi connectivity index (χ0v) is 23.3. The van der Waals surface area contributed by atoms with Crippen LogP contribution in [0.15, 0.2) is 42.5 Å². The van der Waals surface area contributed by atoms with E-state index in [1.807, 2.05) is 20.8 Å². The zero-order chi connectivity index (χ0) is 29.7. The summed E-state index contributed by atoms with van der Waals surface area (Å²) >= 11 is 6.26. The van der Waals surface area contributed by atoms with Crippen LogP contribution in [0.2, 0.25) is 5.02 Å². The molecule has 0 aromatic heterocycles. The van der Waals surface area contributed by atoms with Crippen LogP contribution in [0.25, 0.3) is 0 Å². The number of rotatable bonds is 7. The van der Waals surface area contributed by atoms with E-state index in [-0.39, 0.29) is 42.6 Å². The number of urea groups is 1. The molecule has 0 radical (unpaired) electrons. The predicted octanol–water partition coefficient (Wildman–Crippen LogP) is 4.81. The van der Waals surface area contributed by atoms with Crippen molar-refractivity contribution in [3.8, 4) is 5.75 Å². The molecule has 9 nitrogen and oxygen atoms in total. The lowest BCUT2D eigenvalue weighted by atomic mass is 10.1. The standard InChI is InChI=1S/C27H31ClF3N3O6/c1-26(2,3)40-15-21(24(36)38-4)32-25(37)33-11-12-34(22-8-6-5-7-17(22)14-33)23(35)19-10-9-18(13-20(19)28)39-16-27(29,30)31/h5-10,13,21H,11-12,14-16H2,1-4H3,(H,32,37)/t21-/m0/s1. The SMILES string of the molecule is COC(=O)[C@H](COC(C)(C)C)NC(=O)N1CCN(C(=O)c2ccc(OCC(F)(F)F)cc2Cl)c2ccccc2C1. The first kappa shape index (κ1) is 31.0. The second-order valence-electron chi connectivity index (χ2n) is 10.0. The number of para-hydroxylation sites is 1. The van der Waals surface area contributed by atoms with Gasteiger partial charge in [0.05, 0.1) is 29.9 Å². The molecule has 1 N–H and O–H groups in total. The number of methoxy groups -OCH3 is 1. The van der Waals surface area contributed by atoms with Gasteiger partial charge in [-0.2, -0.15) is 13.2 Å². The van der Waals surface area contributed by atoms with E-state index in [2.05, 4.69) is 5.32 Å². The lowest BCUT2D eigenvalue weighted by Crippen LogP contribution is -2.51. The highest BCUT2D eigenvalue weighted by atomic mass is 35.5. The maximum absolute atomic E-state index is 13.5. The molecule has 40 heavy (non-hydrogen) atoms. The second kappa shape index (κ2) is 12.8. The predicted molar refractivity (Wildman–Crippen MR) is 142 cm³/mol. The van der Waals surface area contributed by atoms with Crippen LogP contribution in [0.3, 0.4) is 0 Å². The van der Waals surface area contributed by atoms with Crippen molar-refractivity contribution in [2.24, 2.45) is 0 Å². The van der Waals surface area contributed by atoms with Crippen LogP contribution in [-0.2, 0) is 20.8 Å². The Labute approximate surface area is 235 Å². The molecular weight excluding hydrogens is 555 g/mol. The quantitative estimate of drug-likeness (QED) is 0.469. The number of nitrogens with zero attached hydrogens (tertiary/aromatic N) is 2. The second-order valence-corrected chi connectivity index (χ2v) is 10.4. The smallest absolute Gasteiger partial charge is 0.422 e. The van der Waals surface area contributed by atoms with Crippen LogP contribution in [0, 0.1) is 0 Å². The number of anilines is 1. The average Bonchev–Trinajstić information content (AvgIpc) is 3.08. The number of nitrogens with one attached hydrogen (secondary N) is 1. The van der Waals surface area contributed by atoms with Gasteiger partial charge in [-0.1, -0.05) is 29.8 Å². The molecule has 1 aliphatic heterocycles. The van der Waals surface area contributed by atoms with Gasteiger partial charge in [0, 0.05) is 25.3 Å². The number of benzene rings is 2. The molecule has 3 rings (SSSR count). The maximum atomic E-state index is 13.5. The average molecular weight is 586 g/mol. The summed E-state index contributed by atoms with van der Waals surface area (Å²) in [6.07, 6.45) is -4.52. The van der Waals surface area contributed by atoms with E-state index in [1.165, 1.54) is 29.0 Å². The lowest BCUT2D eigenvalue weighted by Gasteiger charge is -2.27. The van der Waals surface area contributed by atoms with Crippen molar-refractivity contribution < 1.29 is 41.8 Å². The number of halogens is 4. The van der Waals surface area contributed by atoms with Gasteiger partial charge < -0.3 is 29.3 Å². The number of hydrogen-bond donors (Lipinski definition) is 1. The molecule has 13 heteroatoms. The molecule has 0 fully saturated rings. The minimum absolute atomic E-state index is 0.0545. The van der Waals surface area contributed by atoms with Crippen molar-refractivity contribution in [2.45, 2.75) is 45.1 Å². The van der Waals surface area contributed by atoms with E-state index in [4.69, 9.17) is 25.8 Å². The Morgan fingerprint density at radius 3 is 2.40 bits per heavy atom. The number of alkyl halides is 3. The molecule has 0 spiro atoms. The number of hydrogen-bond acceptors (Lipinski definition) is 6. The Kier molecular flexibility index (Phi) is 9.91. The molecule has 1 atom stereocenters. The minimum atomic E-state index is -4.52. The summed E-state index contributed by atoms with van der Waals surface area (Å²) in [6, 6.07) is 9.06. The van der Waals surface area contributed by atoms with Gasteiger partial charge in [0.25, 0.3) is 5.91 Å². The minimum Gasteiger partial charge on any atom is -0.484 e. The number of esters is 1. The summed E-state index contributed by atoms with van der Waals surface area (Å²) in [4.78, 5) is 42.0. The van der Waals surface area contributed by atoms with E-state index < -0.39 is 42.3 Å². The van der Waals surface area contributed by atoms with Crippen molar-refractivity contribution in [3.05, 3.63) is 58.6 Å². The molecule has 0 bridgehead atoms. The number of carbonyl (C=O) groups excluding carboxylic acids is 3. The fraction of sp³-hybridized carbons (Fsp3) is 0.444. The van der Waals surface area contributed by atoms with Gasteiger partial charge >= 0.3 is 18.2 Å². The van der Waals surface area contributed by atoms with Crippen LogP contribution in [0.4, 0.5) is 23.7 Å². The van der Waals surface area contributed by atoms with Crippen molar-refractivity contribution in [2.75, 3.05) is 38.3 Å². The largest absolute Gasteiger partial charge is 0.484 e. The van der Waals surface area contributed by atoms with E-state index >= 15 is 0 Å². The number of carbonyl (C=O) groups is 3. The molecule has 0 aliphatic carbocycles. The first-order valence-corrected chi connectivity index (χ1v) is 12.7. The van der Waals surface area contributed by atoms with Crippen LogP contribution in [0.1, 0.15) is 36.7 Å². The van der Waals surface area contributed by atoms with Crippen LogP contribution >= 0.6 is 11.6 Å². The highest BCUT2D eigenvalue weighted by Gasteiger charge is 2.32. The normalized spacial score (nSPS) is 14.6. The molecule has 2 aromatic carbocycles. The van der Waals surface area contributed by atoms with Crippen molar-refractivity contribution in [1.29, 1.82) is 0 Å². The number of fused-ring (bicyclic) bond motifs is 1. The first-order valence-electron chi connectivity index (χ1n) is 12.3. The molecular formula is C27H31ClF3N3O6. The van der Waals surface area contributed by atoms with Gasteiger partial charge in [-0.05, 0) is 50.6 Å². The van der Waals surface area contributed by atoms with Gasteiger partial charge in [0.15, 0.2) is 12.6 Å². The molecule has 218 valence electrons. The van der Waals surface area contributed by atoms with Gasteiger partial charge in [0.1, 0.15) is 5.75 Å². The highest BCUT2D eigenvalue weighted by molar-refractivity contribution is 6.34. The molecule has 1 heterocycles. The van der Waals surface area contributed by atoms with Crippen LogP contribution < -0.4 is 15.0 Å². The van der Waals surface area contributed by atoms with E-state index in [0.29, 0.717) is 11.3 Å². The molecule has 0 saturated heterocycles. The first-order chi connectivity index (χ1) is 18.7. The maximum Gasteiger partial charge on any atom is 0.422 e. The number of ether oxygens (including phenoxy) is 3. The summed E-state index contributed by atoms with van der Waals surface area (Å²) < 4.78 is 52.7. The van der Waals surface area contributed by atoms with Gasteiger partial charge in [-0.15, -0.1) is 0 Å². The molecule has 0 saturated carbocycles. The van der Waals surface area contributed by atoms with Crippen molar-refractivity contribution in [3.63, 3.8) is 0 Å². The fourth-order valence-electron chi connectivity index (χ4n) is 3.87.